The molecule has 0 amide bonds. The number of anilines is 2. The molecule has 1 aromatic heterocycles. The van der Waals surface area contributed by atoms with Gasteiger partial charge in [-0.1, -0.05) is 12.1 Å². The molecule has 0 unspecified atom stereocenters. The van der Waals surface area contributed by atoms with E-state index in [-0.39, 0.29) is 11.5 Å². The Morgan fingerprint density at radius 2 is 1.96 bits per heavy atom. The molecule has 0 aliphatic carbocycles. The molecular weight excluding hydrogens is 357 g/mol. The van der Waals surface area contributed by atoms with Gasteiger partial charge in [0.15, 0.2) is 10.9 Å². The summed E-state index contributed by atoms with van der Waals surface area (Å²) in [6.07, 6.45) is 1.75. The average Bonchev–Trinajstić information content (AvgIpc) is 3.02. The van der Waals surface area contributed by atoms with Gasteiger partial charge in [-0.25, -0.2) is 4.39 Å². The summed E-state index contributed by atoms with van der Waals surface area (Å²) in [5, 5.41) is 21.1. The Kier molecular flexibility index (Phi) is 5.18. The third-order valence-corrected chi connectivity index (χ3v) is 3.66. The summed E-state index contributed by atoms with van der Waals surface area (Å²) >= 11 is 5.20. The molecule has 26 heavy (non-hydrogen) atoms. The van der Waals surface area contributed by atoms with Crippen LogP contribution in [-0.4, -0.2) is 19.8 Å². The first kappa shape index (κ1) is 17.5. The second-order valence-corrected chi connectivity index (χ2v) is 5.82. The minimum atomic E-state index is -0.467. The highest BCUT2D eigenvalue weighted by Crippen LogP contribution is 2.16. The third-order valence-electron chi connectivity index (χ3n) is 3.45. The number of nitro benzene ring substituents is 1. The van der Waals surface area contributed by atoms with Crippen LogP contribution in [0.2, 0.25) is 0 Å². The first-order valence-corrected chi connectivity index (χ1v) is 8.01. The van der Waals surface area contributed by atoms with Crippen LogP contribution in [0.25, 0.3) is 0 Å². The minimum Gasteiger partial charge on any atom is -0.332 e. The van der Waals surface area contributed by atoms with Crippen LogP contribution in [-0.2, 0) is 6.54 Å². The fraction of sp³-hybridized carbons (Fsp3) is 0.0588. The predicted octanol–water partition coefficient (Wildman–Crippen LogP) is 3.79. The summed E-state index contributed by atoms with van der Waals surface area (Å²) < 4.78 is 14.9. The van der Waals surface area contributed by atoms with Crippen LogP contribution < -0.4 is 10.6 Å². The van der Waals surface area contributed by atoms with E-state index >= 15 is 0 Å². The van der Waals surface area contributed by atoms with E-state index in [4.69, 9.17) is 12.2 Å². The summed E-state index contributed by atoms with van der Waals surface area (Å²) in [5.41, 5.74) is 1.42. The SMILES string of the molecule is O=[N+]([O-])c1ccc(NC(=S)Nc2ccn(Cc3cccc(F)c3)n2)cc1. The first-order chi connectivity index (χ1) is 12.5. The van der Waals surface area contributed by atoms with Gasteiger partial charge >= 0.3 is 0 Å². The van der Waals surface area contributed by atoms with Crippen molar-refractivity contribution >= 4 is 34.5 Å². The normalized spacial score (nSPS) is 10.3. The molecule has 2 N–H and O–H groups in total. The Balaban J connectivity index is 1.58. The van der Waals surface area contributed by atoms with Gasteiger partial charge in [0.2, 0.25) is 0 Å². The van der Waals surface area contributed by atoms with Crippen molar-refractivity contribution in [3.05, 3.63) is 82.3 Å². The fourth-order valence-corrected chi connectivity index (χ4v) is 2.51. The number of non-ortho nitro benzene ring substituents is 1. The number of nitrogens with one attached hydrogen (secondary N) is 2. The molecule has 0 fully saturated rings. The van der Waals surface area contributed by atoms with Gasteiger partial charge < -0.3 is 10.6 Å². The minimum absolute atomic E-state index is 0.00511. The van der Waals surface area contributed by atoms with Gasteiger partial charge in [0.1, 0.15) is 5.82 Å². The highest BCUT2D eigenvalue weighted by molar-refractivity contribution is 7.80. The number of nitrogens with zero attached hydrogens (tertiary/aromatic N) is 3. The molecule has 1 heterocycles. The Morgan fingerprint density at radius 3 is 2.65 bits per heavy atom. The zero-order chi connectivity index (χ0) is 18.5. The molecular formula is C17H14FN5O2S. The summed E-state index contributed by atoms with van der Waals surface area (Å²) in [7, 11) is 0. The Morgan fingerprint density at radius 1 is 1.19 bits per heavy atom. The van der Waals surface area contributed by atoms with Crippen LogP contribution in [0.5, 0.6) is 0 Å². The highest BCUT2D eigenvalue weighted by Gasteiger charge is 2.06. The Hall–Kier alpha value is -3.33. The monoisotopic (exact) mass is 371 g/mol. The van der Waals surface area contributed by atoms with Gasteiger partial charge in [-0.15, -0.1) is 0 Å². The molecule has 0 spiro atoms. The smallest absolute Gasteiger partial charge is 0.269 e. The van der Waals surface area contributed by atoms with Crippen molar-refractivity contribution in [1.82, 2.24) is 9.78 Å². The lowest BCUT2D eigenvalue weighted by atomic mass is 10.2. The van der Waals surface area contributed by atoms with Crippen molar-refractivity contribution in [2.45, 2.75) is 6.54 Å². The summed E-state index contributed by atoms with van der Waals surface area (Å²) in [4.78, 5) is 10.2. The molecule has 3 rings (SSSR count). The summed E-state index contributed by atoms with van der Waals surface area (Å²) in [6, 6.07) is 14.0. The maximum absolute atomic E-state index is 13.2. The molecule has 0 saturated carbocycles. The van der Waals surface area contributed by atoms with E-state index in [9.17, 15) is 14.5 Å². The second-order valence-electron chi connectivity index (χ2n) is 5.41. The topological polar surface area (TPSA) is 85.0 Å². The number of aromatic nitrogens is 2. The van der Waals surface area contributed by atoms with Crippen molar-refractivity contribution < 1.29 is 9.31 Å². The molecule has 9 heteroatoms. The number of thiocarbonyl (C=S) groups is 1. The van der Waals surface area contributed by atoms with Gasteiger partial charge in [0.25, 0.3) is 5.69 Å². The molecule has 0 radical (unpaired) electrons. The lowest BCUT2D eigenvalue weighted by Crippen LogP contribution is -2.19. The van der Waals surface area contributed by atoms with E-state index in [0.717, 1.165) is 5.56 Å². The van der Waals surface area contributed by atoms with Crippen LogP contribution in [0.15, 0.2) is 60.8 Å². The number of hydrogen-bond acceptors (Lipinski definition) is 4. The lowest BCUT2D eigenvalue weighted by molar-refractivity contribution is -0.384. The molecule has 2 aromatic carbocycles. The quantitative estimate of drug-likeness (QED) is 0.403. The summed E-state index contributed by atoms with van der Waals surface area (Å²) in [6.45, 7) is 0.433. The number of benzene rings is 2. The van der Waals surface area contributed by atoms with E-state index in [1.807, 2.05) is 6.07 Å². The van der Waals surface area contributed by atoms with Gasteiger partial charge in [-0.3, -0.25) is 14.8 Å². The molecule has 3 aromatic rings. The van der Waals surface area contributed by atoms with Gasteiger partial charge in [-0.05, 0) is 42.0 Å². The van der Waals surface area contributed by atoms with E-state index < -0.39 is 4.92 Å². The maximum Gasteiger partial charge on any atom is 0.269 e. The Bertz CT molecular complexity index is 942. The molecule has 0 bridgehead atoms. The standard InChI is InChI=1S/C17H14FN5O2S/c18-13-3-1-2-12(10-13)11-22-9-8-16(21-22)20-17(26)19-14-4-6-15(7-5-14)23(24)25/h1-10H,11H2,(H2,19,20,21,26). The Labute approximate surface area is 153 Å². The van der Waals surface area contributed by atoms with Crippen LogP contribution >= 0.6 is 12.2 Å². The van der Waals surface area contributed by atoms with Gasteiger partial charge in [-0.2, -0.15) is 5.10 Å². The largest absolute Gasteiger partial charge is 0.332 e. The zero-order valence-corrected chi connectivity index (χ0v) is 14.2. The van der Waals surface area contributed by atoms with Crippen LogP contribution in [0.3, 0.4) is 0 Å². The van der Waals surface area contributed by atoms with E-state index in [1.54, 1.807) is 35.1 Å². The van der Waals surface area contributed by atoms with Crippen molar-refractivity contribution in [2.24, 2.45) is 0 Å². The zero-order valence-electron chi connectivity index (χ0n) is 13.4. The molecule has 0 aliphatic heterocycles. The molecule has 0 atom stereocenters. The van der Waals surface area contributed by atoms with E-state index in [0.29, 0.717) is 23.2 Å². The fourth-order valence-electron chi connectivity index (χ4n) is 2.28. The second kappa shape index (κ2) is 7.70. The van der Waals surface area contributed by atoms with E-state index in [2.05, 4.69) is 15.7 Å². The molecule has 0 saturated heterocycles. The molecule has 0 aliphatic rings. The van der Waals surface area contributed by atoms with Gasteiger partial charge in [0, 0.05) is 30.1 Å². The van der Waals surface area contributed by atoms with Crippen molar-refractivity contribution in [3.63, 3.8) is 0 Å². The van der Waals surface area contributed by atoms with E-state index in [1.165, 1.54) is 24.3 Å². The first-order valence-electron chi connectivity index (χ1n) is 7.60. The lowest BCUT2D eigenvalue weighted by Gasteiger charge is -2.08. The van der Waals surface area contributed by atoms with Crippen molar-refractivity contribution in [1.29, 1.82) is 0 Å². The van der Waals surface area contributed by atoms with Crippen LogP contribution in [0.1, 0.15) is 5.56 Å². The van der Waals surface area contributed by atoms with Crippen molar-refractivity contribution in [2.75, 3.05) is 10.6 Å². The number of halogens is 1. The van der Waals surface area contributed by atoms with Gasteiger partial charge in [0.05, 0.1) is 11.5 Å². The van der Waals surface area contributed by atoms with Crippen LogP contribution in [0.4, 0.5) is 21.6 Å². The highest BCUT2D eigenvalue weighted by atomic mass is 32.1. The number of nitro groups is 1. The molecule has 7 nitrogen and oxygen atoms in total. The number of rotatable bonds is 5. The predicted molar refractivity (Wildman–Crippen MR) is 101 cm³/mol. The summed E-state index contributed by atoms with van der Waals surface area (Å²) in [5.74, 6) is 0.238. The van der Waals surface area contributed by atoms with Crippen molar-refractivity contribution in [3.8, 4) is 0 Å². The number of hydrogen-bond donors (Lipinski definition) is 2. The average molecular weight is 371 g/mol. The third kappa shape index (κ3) is 4.61. The van der Waals surface area contributed by atoms with Crippen LogP contribution in [0, 0.1) is 15.9 Å². The maximum atomic E-state index is 13.2. The molecule has 132 valence electrons.